The number of aliphatic imine (C=N–C) groups is 1. The van der Waals surface area contributed by atoms with Gasteiger partial charge in [-0.15, -0.1) is 0 Å². The van der Waals surface area contributed by atoms with E-state index >= 15 is 0 Å². The maximum absolute atomic E-state index is 9.65. The molecule has 0 unspecified atom stereocenters. The summed E-state index contributed by atoms with van der Waals surface area (Å²) in [6, 6.07) is 5.28. The highest BCUT2D eigenvalue weighted by Gasteiger charge is 2.08. The third-order valence-electron chi connectivity index (χ3n) is 2.46. The number of H-pyrrole nitrogens is 1. The first kappa shape index (κ1) is 14.5. The predicted octanol–water partition coefficient (Wildman–Crippen LogP) is 4.83. The Balaban J connectivity index is 2.23. The summed E-state index contributed by atoms with van der Waals surface area (Å²) in [5.41, 5.74) is 1.59. The van der Waals surface area contributed by atoms with Crippen molar-refractivity contribution in [1.29, 1.82) is 0 Å². The fraction of sp³-hybridized carbons (Fsp3) is 0.167. The number of nitrogens with one attached hydrogen (secondary N) is 1. The molecule has 2 N–H and O–H groups in total. The SMILES string of the molecule is CC(=NCc1ccc(Cl)cc1Cl)c1sc(=S)[nH]c1O. The van der Waals surface area contributed by atoms with Crippen LogP contribution in [-0.2, 0) is 6.54 Å². The minimum atomic E-state index is 0.0541. The molecule has 1 aromatic carbocycles. The van der Waals surface area contributed by atoms with E-state index in [0.717, 1.165) is 5.56 Å². The van der Waals surface area contributed by atoms with Crippen LogP contribution in [0.15, 0.2) is 23.2 Å². The van der Waals surface area contributed by atoms with Crippen LogP contribution in [0.1, 0.15) is 17.4 Å². The van der Waals surface area contributed by atoms with Crippen LogP contribution in [0.4, 0.5) is 0 Å². The first-order valence-corrected chi connectivity index (χ1v) is 7.33. The highest BCUT2D eigenvalue weighted by atomic mass is 35.5. The molecule has 0 saturated carbocycles. The van der Waals surface area contributed by atoms with Gasteiger partial charge >= 0.3 is 0 Å². The number of benzene rings is 1. The van der Waals surface area contributed by atoms with Crippen LogP contribution in [0.25, 0.3) is 0 Å². The molecule has 7 heteroatoms. The van der Waals surface area contributed by atoms with Crippen molar-refractivity contribution in [2.24, 2.45) is 4.99 Å². The minimum Gasteiger partial charge on any atom is -0.493 e. The number of aromatic nitrogens is 1. The Labute approximate surface area is 129 Å². The van der Waals surface area contributed by atoms with Crippen LogP contribution in [0, 0.1) is 3.95 Å². The molecular weight excluding hydrogens is 323 g/mol. The number of aromatic hydroxyl groups is 1. The number of halogens is 2. The molecule has 19 heavy (non-hydrogen) atoms. The van der Waals surface area contributed by atoms with Crippen molar-refractivity contribution in [3.05, 3.63) is 42.6 Å². The molecule has 0 radical (unpaired) electrons. The van der Waals surface area contributed by atoms with Gasteiger partial charge in [-0.05, 0) is 36.8 Å². The standard InChI is InChI=1S/C12H10Cl2N2OS2/c1-6(10-11(17)16-12(18)19-10)15-5-7-2-3-8(13)4-9(7)14/h2-4,17H,5H2,1H3,(H,16,18). The Kier molecular flexibility index (Phi) is 4.62. The molecule has 0 aliphatic rings. The van der Waals surface area contributed by atoms with Gasteiger partial charge in [0, 0.05) is 10.0 Å². The van der Waals surface area contributed by atoms with Crippen LogP contribution in [-0.4, -0.2) is 15.8 Å². The zero-order chi connectivity index (χ0) is 14.0. The van der Waals surface area contributed by atoms with Crippen molar-refractivity contribution < 1.29 is 5.11 Å². The second kappa shape index (κ2) is 6.05. The second-order valence-corrected chi connectivity index (χ2v) is 6.36. The van der Waals surface area contributed by atoms with E-state index in [1.54, 1.807) is 12.1 Å². The monoisotopic (exact) mass is 332 g/mol. The van der Waals surface area contributed by atoms with Crippen LogP contribution in [0.5, 0.6) is 5.88 Å². The van der Waals surface area contributed by atoms with E-state index in [1.807, 2.05) is 13.0 Å². The number of hydrogen-bond donors (Lipinski definition) is 2. The Morgan fingerprint density at radius 1 is 1.47 bits per heavy atom. The molecule has 1 aromatic heterocycles. The second-order valence-electron chi connectivity index (χ2n) is 3.83. The third-order valence-corrected chi connectivity index (χ3v) is 4.38. The topological polar surface area (TPSA) is 48.4 Å². The van der Waals surface area contributed by atoms with Crippen LogP contribution in [0.2, 0.25) is 10.0 Å². The first-order chi connectivity index (χ1) is 8.97. The summed E-state index contributed by atoms with van der Waals surface area (Å²) in [6.45, 7) is 2.24. The predicted molar refractivity (Wildman–Crippen MR) is 83.5 cm³/mol. The van der Waals surface area contributed by atoms with E-state index in [9.17, 15) is 5.11 Å². The van der Waals surface area contributed by atoms with Gasteiger partial charge in [0.05, 0.1) is 12.3 Å². The fourth-order valence-corrected chi connectivity index (χ4v) is 3.00. The lowest BCUT2D eigenvalue weighted by Crippen LogP contribution is -1.94. The normalized spacial score (nSPS) is 11.8. The molecule has 0 spiro atoms. The molecule has 0 bridgehead atoms. The van der Waals surface area contributed by atoms with E-state index in [4.69, 9.17) is 35.4 Å². The summed E-state index contributed by atoms with van der Waals surface area (Å²) < 4.78 is 0.520. The fourth-order valence-electron chi connectivity index (χ4n) is 1.49. The average Bonchev–Trinajstić information content (AvgIpc) is 2.67. The van der Waals surface area contributed by atoms with E-state index in [0.29, 0.717) is 31.1 Å². The van der Waals surface area contributed by atoms with Gasteiger partial charge in [0.15, 0.2) is 3.95 Å². The van der Waals surface area contributed by atoms with Gasteiger partial charge < -0.3 is 10.1 Å². The van der Waals surface area contributed by atoms with E-state index < -0.39 is 0 Å². The molecule has 100 valence electrons. The molecule has 0 saturated heterocycles. The van der Waals surface area contributed by atoms with Crippen LogP contribution < -0.4 is 0 Å². The van der Waals surface area contributed by atoms with Gasteiger partial charge in [-0.3, -0.25) is 4.99 Å². The number of nitrogens with zero attached hydrogens (tertiary/aromatic N) is 1. The van der Waals surface area contributed by atoms with Gasteiger partial charge in [0.2, 0.25) is 5.88 Å². The van der Waals surface area contributed by atoms with Crippen LogP contribution in [0.3, 0.4) is 0 Å². The van der Waals surface area contributed by atoms with Crippen molar-refractivity contribution in [1.82, 2.24) is 4.98 Å². The highest BCUT2D eigenvalue weighted by molar-refractivity contribution is 7.73. The number of thiazole rings is 1. The van der Waals surface area contributed by atoms with Crippen LogP contribution >= 0.6 is 46.8 Å². The van der Waals surface area contributed by atoms with Crippen molar-refractivity contribution in [2.45, 2.75) is 13.5 Å². The van der Waals surface area contributed by atoms with Gasteiger partial charge in [-0.1, -0.05) is 40.6 Å². The molecule has 0 amide bonds. The molecule has 0 fully saturated rings. The molecule has 0 aliphatic carbocycles. The summed E-state index contributed by atoms with van der Waals surface area (Å²) in [5, 5.41) is 10.8. The zero-order valence-electron chi connectivity index (χ0n) is 9.91. The lowest BCUT2D eigenvalue weighted by molar-refractivity contribution is 0.456. The molecule has 3 nitrogen and oxygen atoms in total. The minimum absolute atomic E-state index is 0.0541. The van der Waals surface area contributed by atoms with Gasteiger partial charge in [0.25, 0.3) is 0 Å². The lowest BCUT2D eigenvalue weighted by Gasteiger charge is -2.02. The smallest absolute Gasteiger partial charge is 0.209 e. The Bertz CT molecular complexity index is 691. The molecule has 0 aliphatic heterocycles. The van der Waals surface area contributed by atoms with E-state index in [2.05, 4.69) is 9.98 Å². The molecule has 2 aromatic rings. The molecule has 1 heterocycles. The maximum Gasteiger partial charge on any atom is 0.209 e. The van der Waals surface area contributed by atoms with Gasteiger partial charge in [-0.2, -0.15) is 0 Å². The maximum atomic E-state index is 9.65. The van der Waals surface area contributed by atoms with Gasteiger partial charge in [0.1, 0.15) is 4.88 Å². The lowest BCUT2D eigenvalue weighted by atomic mass is 10.2. The first-order valence-electron chi connectivity index (χ1n) is 5.35. The Hall–Kier alpha value is -0.880. The number of rotatable bonds is 3. The Morgan fingerprint density at radius 2 is 2.21 bits per heavy atom. The molecule has 2 rings (SSSR count). The molecular formula is C12H10Cl2N2OS2. The summed E-state index contributed by atoms with van der Waals surface area (Å²) >= 11 is 18.2. The van der Waals surface area contributed by atoms with E-state index in [1.165, 1.54) is 11.3 Å². The summed E-state index contributed by atoms with van der Waals surface area (Å²) in [4.78, 5) is 7.72. The third kappa shape index (κ3) is 3.57. The van der Waals surface area contributed by atoms with Crippen molar-refractivity contribution in [3.63, 3.8) is 0 Å². The summed E-state index contributed by atoms with van der Waals surface area (Å²) in [7, 11) is 0. The van der Waals surface area contributed by atoms with Crippen molar-refractivity contribution in [2.75, 3.05) is 0 Å². The average molecular weight is 333 g/mol. The summed E-state index contributed by atoms with van der Waals surface area (Å²) in [6.07, 6.45) is 0. The van der Waals surface area contributed by atoms with E-state index in [-0.39, 0.29) is 5.88 Å². The molecule has 0 atom stereocenters. The zero-order valence-corrected chi connectivity index (χ0v) is 13.1. The highest BCUT2D eigenvalue weighted by Crippen LogP contribution is 2.24. The largest absolute Gasteiger partial charge is 0.493 e. The number of aromatic amines is 1. The summed E-state index contributed by atoms with van der Waals surface area (Å²) in [5.74, 6) is 0.0541. The number of hydrogen-bond acceptors (Lipinski definition) is 4. The van der Waals surface area contributed by atoms with Crippen molar-refractivity contribution in [3.8, 4) is 5.88 Å². The van der Waals surface area contributed by atoms with Crippen molar-refractivity contribution >= 4 is 52.5 Å². The quantitative estimate of drug-likeness (QED) is 0.624. The van der Waals surface area contributed by atoms with Gasteiger partial charge in [-0.25, -0.2) is 0 Å². The Morgan fingerprint density at radius 3 is 2.79 bits per heavy atom.